The van der Waals surface area contributed by atoms with Crippen LogP contribution in [0.2, 0.25) is 5.02 Å². The highest BCUT2D eigenvalue weighted by Gasteiger charge is 2.11. The standard InChI is InChI=1S/C14H20ClNO3/c1-9-4-5-12(15)13(6-9)19-8-14(18)16-10(2)7-11(3)17/h4-6,10-11,17H,7-8H2,1-3H3,(H,16,18). The summed E-state index contributed by atoms with van der Waals surface area (Å²) in [5, 5.41) is 12.4. The topological polar surface area (TPSA) is 58.6 Å². The van der Waals surface area contributed by atoms with Crippen molar-refractivity contribution in [2.45, 2.75) is 39.3 Å². The molecule has 0 bridgehead atoms. The Hall–Kier alpha value is -1.26. The number of hydrogen-bond donors (Lipinski definition) is 2. The van der Waals surface area contributed by atoms with E-state index in [2.05, 4.69) is 5.32 Å². The van der Waals surface area contributed by atoms with Crippen LogP contribution in [0.5, 0.6) is 5.75 Å². The lowest BCUT2D eigenvalue weighted by Crippen LogP contribution is -2.37. The molecule has 0 aliphatic carbocycles. The zero-order valence-corrected chi connectivity index (χ0v) is 12.2. The molecule has 106 valence electrons. The van der Waals surface area contributed by atoms with Crippen molar-refractivity contribution in [3.05, 3.63) is 28.8 Å². The molecule has 0 heterocycles. The highest BCUT2D eigenvalue weighted by atomic mass is 35.5. The number of halogens is 1. The number of nitrogens with one attached hydrogen (secondary N) is 1. The van der Waals surface area contributed by atoms with E-state index in [1.54, 1.807) is 19.1 Å². The van der Waals surface area contributed by atoms with Crippen molar-refractivity contribution in [3.8, 4) is 5.75 Å². The molecule has 0 aliphatic rings. The van der Waals surface area contributed by atoms with Gasteiger partial charge in [-0.15, -0.1) is 0 Å². The maximum atomic E-state index is 11.6. The lowest BCUT2D eigenvalue weighted by molar-refractivity contribution is -0.123. The number of carbonyl (C=O) groups excluding carboxylic acids is 1. The van der Waals surface area contributed by atoms with Gasteiger partial charge >= 0.3 is 0 Å². The molecule has 0 saturated carbocycles. The molecule has 0 aromatic heterocycles. The summed E-state index contributed by atoms with van der Waals surface area (Å²) < 4.78 is 5.38. The van der Waals surface area contributed by atoms with E-state index in [0.717, 1.165) is 5.56 Å². The predicted molar refractivity (Wildman–Crippen MR) is 75.6 cm³/mol. The molecule has 1 aromatic carbocycles. The summed E-state index contributed by atoms with van der Waals surface area (Å²) in [4.78, 5) is 11.6. The summed E-state index contributed by atoms with van der Waals surface area (Å²) in [6.07, 6.45) is 0.0687. The highest BCUT2D eigenvalue weighted by Crippen LogP contribution is 2.24. The summed E-state index contributed by atoms with van der Waals surface area (Å²) in [5.41, 5.74) is 1.02. The minimum atomic E-state index is -0.442. The van der Waals surface area contributed by atoms with Crippen molar-refractivity contribution in [1.82, 2.24) is 5.32 Å². The number of benzene rings is 1. The molecular weight excluding hydrogens is 266 g/mol. The summed E-state index contributed by atoms with van der Waals surface area (Å²) in [6, 6.07) is 5.30. The molecule has 0 saturated heterocycles. The van der Waals surface area contributed by atoms with Crippen LogP contribution in [0.15, 0.2) is 18.2 Å². The maximum absolute atomic E-state index is 11.6. The molecule has 0 aliphatic heterocycles. The van der Waals surface area contributed by atoms with Gasteiger partial charge in [0.15, 0.2) is 6.61 Å². The molecular formula is C14H20ClNO3. The van der Waals surface area contributed by atoms with E-state index in [-0.39, 0.29) is 18.6 Å². The number of rotatable bonds is 6. The van der Waals surface area contributed by atoms with Crippen molar-refractivity contribution >= 4 is 17.5 Å². The van der Waals surface area contributed by atoms with Crippen LogP contribution in [0.3, 0.4) is 0 Å². The molecule has 2 atom stereocenters. The first-order valence-corrected chi connectivity index (χ1v) is 6.62. The lowest BCUT2D eigenvalue weighted by Gasteiger charge is -2.16. The lowest BCUT2D eigenvalue weighted by atomic mass is 10.1. The second-order valence-corrected chi connectivity index (χ2v) is 5.18. The summed E-state index contributed by atoms with van der Waals surface area (Å²) in [7, 11) is 0. The van der Waals surface area contributed by atoms with Crippen molar-refractivity contribution < 1.29 is 14.6 Å². The average molecular weight is 286 g/mol. The third-order valence-electron chi connectivity index (χ3n) is 2.55. The van der Waals surface area contributed by atoms with E-state index < -0.39 is 6.10 Å². The van der Waals surface area contributed by atoms with Gasteiger partial charge in [-0.2, -0.15) is 0 Å². The highest BCUT2D eigenvalue weighted by molar-refractivity contribution is 6.32. The Bertz CT molecular complexity index is 435. The van der Waals surface area contributed by atoms with Crippen LogP contribution in [0.4, 0.5) is 0 Å². The minimum Gasteiger partial charge on any atom is -0.482 e. The molecule has 2 unspecified atom stereocenters. The van der Waals surface area contributed by atoms with Gasteiger partial charge in [-0.25, -0.2) is 0 Å². The molecule has 1 aromatic rings. The zero-order chi connectivity index (χ0) is 14.4. The summed E-state index contributed by atoms with van der Waals surface area (Å²) in [5.74, 6) is 0.269. The smallest absolute Gasteiger partial charge is 0.258 e. The van der Waals surface area contributed by atoms with Gasteiger partial charge in [0, 0.05) is 6.04 Å². The Morgan fingerprint density at radius 1 is 1.47 bits per heavy atom. The fourth-order valence-corrected chi connectivity index (χ4v) is 1.92. The Morgan fingerprint density at radius 3 is 2.79 bits per heavy atom. The van der Waals surface area contributed by atoms with Crippen molar-refractivity contribution in [3.63, 3.8) is 0 Å². The number of hydrogen-bond acceptors (Lipinski definition) is 3. The monoisotopic (exact) mass is 285 g/mol. The SMILES string of the molecule is Cc1ccc(Cl)c(OCC(=O)NC(C)CC(C)O)c1. The number of aliphatic hydroxyl groups excluding tert-OH is 1. The van der Waals surface area contributed by atoms with Crippen LogP contribution in [-0.4, -0.2) is 29.8 Å². The van der Waals surface area contributed by atoms with Gasteiger partial charge in [0.1, 0.15) is 5.75 Å². The molecule has 19 heavy (non-hydrogen) atoms. The predicted octanol–water partition coefficient (Wildman–Crippen LogP) is 2.30. The minimum absolute atomic E-state index is 0.0900. The number of carbonyl (C=O) groups is 1. The van der Waals surface area contributed by atoms with E-state index in [9.17, 15) is 9.90 Å². The Morgan fingerprint density at radius 2 is 2.16 bits per heavy atom. The zero-order valence-electron chi connectivity index (χ0n) is 11.4. The third kappa shape index (κ3) is 5.94. The van der Waals surface area contributed by atoms with Crippen LogP contribution in [-0.2, 0) is 4.79 Å². The normalized spacial score (nSPS) is 13.7. The number of amides is 1. The van der Waals surface area contributed by atoms with Crippen LogP contribution in [0, 0.1) is 6.92 Å². The van der Waals surface area contributed by atoms with Crippen molar-refractivity contribution in [1.29, 1.82) is 0 Å². The molecule has 2 N–H and O–H groups in total. The fourth-order valence-electron chi connectivity index (χ4n) is 1.75. The van der Waals surface area contributed by atoms with Gasteiger partial charge < -0.3 is 15.2 Å². The summed E-state index contributed by atoms with van der Waals surface area (Å²) >= 11 is 5.96. The van der Waals surface area contributed by atoms with Gasteiger partial charge in [0.2, 0.25) is 0 Å². The van der Waals surface area contributed by atoms with E-state index >= 15 is 0 Å². The first kappa shape index (κ1) is 15.8. The quantitative estimate of drug-likeness (QED) is 0.843. The van der Waals surface area contributed by atoms with Crippen molar-refractivity contribution in [2.24, 2.45) is 0 Å². The Kier molecular flexibility index (Phi) is 6.12. The molecule has 0 fully saturated rings. The number of ether oxygens (including phenoxy) is 1. The molecule has 0 spiro atoms. The van der Waals surface area contributed by atoms with Crippen LogP contribution in [0.25, 0.3) is 0 Å². The van der Waals surface area contributed by atoms with E-state index in [4.69, 9.17) is 16.3 Å². The summed E-state index contributed by atoms with van der Waals surface area (Å²) in [6.45, 7) is 5.36. The van der Waals surface area contributed by atoms with Gasteiger partial charge in [-0.05, 0) is 44.9 Å². The van der Waals surface area contributed by atoms with E-state index in [0.29, 0.717) is 17.2 Å². The molecule has 1 amide bonds. The third-order valence-corrected chi connectivity index (χ3v) is 2.86. The van der Waals surface area contributed by atoms with Gasteiger partial charge in [-0.3, -0.25) is 4.79 Å². The largest absolute Gasteiger partial charge is 0.482 e. The molecule has 5 heteroatoms. The van der Waals surface area contributed by atoms with Gasteiger partial charge in [0.25, 0.3) is 5.91 Å². The number of aliphatic hydroxyl groups is 1. The fraction of sp³-hybridized carbons (Fsp3) is 0.500. The van der Waals surface area contributed by atoms with Gasteiger partial charge in [0.05, 0.1) is 11.1 Å². The van der Waals surface area contributed by atoms with Gasteiger partial charge in [-0.1, -0.05) is 17.7 Å². The molecule has 1 rings (SSSR count). The second kappa shape index (κ2) is 7.36. The Balaban J connectivity index is 2.43. The Labute approximate surface area is 118 Å². The first-order chi connectivity index (χ1) is 8.88. The van der Waals surface area contributed by atoms with E-state index in [1.165, 1.54) is 0 Å². The molecule has 0 radical (unpaired) electrons. The first-order valence-electron chi connectivity index (χ1n) is 6.25. The van der Waals surface area contributed by atoms with Crippen LogP contribution >= 0.6 is 11.6 Å². The maximum Gasteiger partial charge on any atom is 0.258 e. The van der Waals surface area contributed by atoms with Crippen LogP contribution < -0.4 is 10.1 Å². The van der Waals surface area contributed by atoms with E-state index in [1.807, 2.05) is 19.9 Å². The second-order valence-electron chi connectivity index (χ2n) is 4.78. The van der Waals surface area contributed by atoms with Crippen molar-refractivity contribution in [2.75, 3.05) is 6.61 Å². The number of aryl methyl sites for hydroxylation is 1. The molecule has 4 nitrogen and oxygen atoms in total. The average Bonchev–Trinajstić information content (AvgIpc) is 2.29. The van der Waals surface area contributed by atoms with Crippen LogP contribution in [0.1, 0.15) is 25.8 Å².